The molecule has 4 N–H and O–H groups in total. The van der Waals surface area contributed by atoms with Gasteiger partial charge in [0.15, 0.2) is 13.0 Å². The zero-order valence-electron chi connectivity index (χ0n) is 10.8. The van der Waals surface area contributed by atoms with Crippen molar-refractivity contribution in [2.75, 3.05) is 20.0 Å². The van der Waals surface area contributed by atoms with Crippen LogP contribution in [0, 0.1) is 0 Å². The molecule has 1 heterocycles. The van der Waals surface area contributed by atoms with E-state index in [1.807, 2.05) is 6.92 Å². The SMILES string of the molecule is CCC(O[C@H](CO)C(O)CF)N1C=CC(N)=NCO1. The minimum atomic E-state index is -1.38. The predicted octanol–water partition coefficient (Wildman–Crippen LogP) is -0.494. The van der Waals surface area contributed by atoms with Crippen LogP contribution in [0.5, 0.6) is 0 Å². The molecule has 2 unspecified atom stereocenters. The number of hydroxylamine groups is 2. The smallest absolute Gasteiger partial charge is 0.167 e. The molecule has 0 aliphatic carbocycles. The highest BCUT2D eigenvalue weighted by Crippen LogP contribution is 2.14. The summed E-state index contributed by atoms with van der Waals surface area (Å²) < 4.78 is 17.9. The second-order valence-corrected chi connectivity index (χ2v) is 3.96. The van der Waals surface area contributed by atoms with Crippen molar-refractivity contribution in [3.8, 4) is 0 Å². The van der Waals surface area contributed by atoms with E-state index in [4.69, 9.17) is 20.4 Å². The third-order valence-corrected chi connectivity index (χ3v) is 2.58. The Hall–Kier alpha value is -1.22. The molecule has 19 heavy (non-hydrogen) atoms. The zero-order valence-corrected chi connectivity index (χ0v) is 10.8. The maximum Gasteiger partial charge on any atom is 0.167 e. The molecule has 0 aromatic heterocycles. The third kappa shape index (κ3) is 4.75. The molecule has 8 heteroatoms. The van der Waals surface area contributed by atoms with E-state index in [0.29, 0.717) is 12.3 Å². The minimum absolute atomic E-state index is 0.0359. The average molecular weight is 277 g/mol. The molecule has 0 spiro atoms. The van der Waals surface area contributed by atoms with Gasteiger partial charge in [-0.05, 0) is 12.5 Å². The van der Waals surface area contributed by atoms with E-state index in [-0.39, 0.29) is 6.73 Å². The average Bonchev–Trinajstić information content (AvgIpc) is 2.64. The fraction of sp³-hybridized carbons (Fsp3) is 0.727. The van der Waals surface area contributed by atoms with Crippen LogP contribution in [-0.2, 0) is 9.57 Å². The van der Waals surface area contributed by atoms with Gasteiger partial charge < -0.3 is 20.7 Å². The largest absolute Gasteiger partial charge is 0.394 e. The Kier molecular flexibility index (Phi) is 6.71. The Morgan fingerprint density at radius 3 is 3.00 bits per heavy atom. The fourth-order valence-electron chi connectivity index (χ4n) is 1.49. The summed E-state index contributed by atoms with van der Waals surface area (Å²) in [5.41, 5.74) is 5.52. The highest BCUT2D eigenvalue weighted by atomic mass is 19.1. The van der Waals surface area contributed by atoms with Gasteiger partial charge in [0.05, 0.1) is 6.61 Å². The Balaban J connectivity index is 2.64. The highest BCUT2D eigenvalue weighted by Gasteiger charge is 2.26. The molecule has 0 saturated carbocycles. The fourth-order valence-corrected chi connectivity index (χ4v) is 1.49. The number of hydrogen-bond acceptors (Lipinski definition) is 7. The molecule has 110 valence electrons. The van der Waals surface area contributed by atoms with Gasteiger partial charge in [-0.15, -0.1) is 0 Å². The monoisotopic (exact) mass is 277 g/mol. The molecule has 3 atom stereocenters. The molecule has 0 saturated heterocycles. The first-order chi connectivity index (χ1) is 9.12. The van der Waals surface area contributed by atoms with Crippen molar-refractivity contribution in [3.63, 3.8) is 0 Å². The van der Waals surface area contributed by atoms with Crippen LogP contribution in [0.15, 0.2) is 17.3 Å². The zero-order chi connectivity index (χ0) is 14.3. The summed E-state index contributed by atoms with van der Waals surface area (Å²) in [5, 5.41) is 19.8. The van der Waals surface area contributed by atoms with Crippen molar-refractivity contribution >= 4 is 5.84 Å². The molecule has 1 rings (SSSR count). The lowest BCUT2D eigenvalue weighted by Gasteiger charge is -2.31. The number of aliphatic hydroxyl groups excluding tert-OH is 2. The lowest BCUT2D eigenvalue weighted by molar-refractivity contribution is -0.248. The topological polar surface area (TPSA) is 101 Å². The molecule has 0 fully saturated rings. The molecular weight excluding hydrogens is 257 g/mol. The highest BCUT2D eigenvalue weighted by molar-refractivity contribution is 5.91. The van der Waals surface area contributed by atoms with Gasteiger partial charge in [0.1, 0.15) is 24.7 Å². The summed E-state index contributed by atoms with van der Waals surface area (Å²) in [7, 11) is 0. The minimum Gasteiger partial charge on any atom is -0.394 e. The first-order valence-electron chi connectivity index (χ1n) is 6.02. The molecule has 1 aliphatic heterocycles. The molecule has 0 bridgehead atoms. The second-order valence-electron chi connectivity index (χ2n) is 3.96. The van der Waals surface area contributed by atoms with Crippen LogP contribution in [0.3, 0.4) is 0 Å². The number of rotatable bonds is 7. The second kappa shape index (κ2) is 8.05. The molecule has 1 aliphatic rings. The van der Waals surface area contributed by atoms with Crippen molar-refractivity contribution in [1.82, 2.24) is 5.06 Å². The van der Waals surface area contributed by atoms with Gasteiger partial charge in [-0.2, -0.15) is 0 Å². The van der Waals surface area contributed by atoms with Crippen LogP contribution >= 0.6 is 0 Å². The summed E-state index contributed by atoms with van der Waals surface area (Å²) in [6.07, 6.45) is 0.592. The van der Waals surface area contributed by atoms with Crippen LogP contribution in [0.25, 0.3) is 0 Å². The standard InChI is InChI=1S/C11H20FN3O4/c1-2-11(19-9(6-16)8(17)5-12)15-4-3-10(13)14-7-18-15/h3-4,8-9,11,16-17H,2,5-7H2,1H3,(H2,13,14)/t8?,9-,11?/m1/s1. The van der Waals surface area contributed by atoms with Gasteiger partial charge in [-0.25, -0.2) is 19.3 Å². The number of nitrogens with zero attached hydrogens (tertiary/aromatic N) is 2. The number of nitrogens with two attached hydrogens (primary N) is 1. The van der Waals surface area contributed by atoms with Crippen molar-refractivity contribution in [3.05, 3.63) is 12.3 Å². The van der Waals surface area contributed by atoms with Crippen molar-refractivity contribution in [2.24, 2.45) is 10.7 Å². The first kappa shape index (κ1) is 15.8. The maximum absolute atomic E-state index is 12.4. The lowest BCUT2D eigenvalue weighted by Crippen LogP contribution is -2.42. The van der Waals surface area contributed by atoms with Crippen LogP contribution in [0.2, 0.25) is 0 Å². The lowest BCUT2D eigenvalue weighted by atomic mass is 10.2. The third-order valence-electron chi connectivity index (χ3n) is 2.58. The number of alkyl halides is 1. The van der Waals surface area contributed by atoms with Gasteiger partial charge in [-0.1, -0.05) is 6.92 Å². The normalized spacial score (nSPS) is 20.6. The molecule has 0 aromatic rings. The maximum atomic E-state index is 12.4. The molecule has 0 amide bonds. The van der Waals surface area contributed by atoms with E-state index < -0.39 is 31.7 Å². The summed E-state index contributed by atoms with van der Waals surface area (Å²) in [4.78, 5) is 9.15. The summed E-state index contributed by atoms with van der Waals surface area (Å²) >= 11 is 0. The molecule has 0 radical (unpaired) electrons. The number of amidine groups is 1. The van der Waals surface area contributed by atoms with Crippen LogP contribution in [-0.4, -0.2) is 59.6 Å². The van der Waals surface area contributed by atoms with Crippen LogP contribution in [0.4, 0.5) is 4.39 Å². The number of hydrogen-bond donors (Lipinski definition) is 3. The Morgan fingerprint density at radius 1 is 1.68 bits per heavy atom. The first-order valence-corrected chi connectivity index (χ1v) is 6.02. The van der Waals surface area contributed by atoms with E-state index in [2.05, 4.69) is 4.99 Å². The summed E-state index contributed by atoms with van der Waals surface area (Å²) in [6.45, 7) is 0.383. The van der Waals surface area contributed by atoms with Gasteiger partial charge >= 0.3 is 0 Å². The summed E-state index contributed by atoms with van der Waals surface area (Å²) in [5.74, 6) is 0.319. The van der Waals surface area contributed by atoms with Crippen molar-refractivity contribution in [1.29, 1.82) is 0 Å². The molecular formula is C11H20FN3O4. The summed E-state index contributed by atoms with van der Waals surface area (Å²) in [6, 6.07) is 0. The number of halogens is 1. The predicted molar refractivity (Wildman–Crippen MR) is 66.6 cm³/mol. The molecule has 7 nitrogen and oxygen atoms in total. The number of aliphatic hydroxyl groups is 2. The van der Waals surface area contributed by atoms with E-state index in [1.54, 1.807) is 6.08 Å². The van der Waals surface area contributed by atoms with E-state index in [0.717, 1.165) is 0 Å². The van der Waals surface area contributed by atoms with Crippen LogP contribution in [0.1, 0.15) is 13.3 Å². The molecule has 0 aromatic carbocycles. The van der Waals surface area contributed by atoms with Crippen molar-refractivity contribution < 1.29 is 24.2 Å². The number of aliphatic imine (C=N–C) groups is 1. The van der Waals surface area contributed by atoms with Gasteiger partial charge in [-0.3, -0.25) is 0 Å². The van der Waals surface area contributed by atoms with Crippen molar-refractivity contribution in [2.45, 2.75) is 31.8 Å². The van der Waals surface area contributed by atoms with E-state index in [9.17, 15) is 9.50 Å². The van der Waals surface area contributed by atoms with Gasteiger partial charge in [0, 0.05) is 6.20 Å². The van der Waals surface area contributed by atoms with Gasteiger partial charge in [0.2, 0.25) is 0 Å². The Labute approximate surface area is 111 Å². The quantitative estimate of drug-likeness (QED) is 0.580. The number of ether oxygens (including phenoxy) is 1. The van der Waals surface area contributed by atoms with Gasteiger partial charge in [0.25, 0.3) is 0 Å². The Bertz CT molecular complexity index is 327. The Morgan fingerprint density at radius 2 is 2.42 bits per heavy atom. The van der Waals surface area contributed by atoms with Crippen LogP contribution < -0.4 is 5.73 Å². The van der Waals surface area contributed by atoms with E-state index >= 15 is 0 Å². The van der Waals surface area contributed by atoms with E-state index in [1.165, 1.54) is 11.3 Å².